The fourth-order valence-electron chi connectivity index (χ4n) is 7.32. The van der Waals surface area contributed by atoms with Gasteiger partial charge in [0.05, 0.1) is 5.41 Å². The summed E-state index contributed by atoms with van der Waals surface area (Å²) in [5, 5.41) is 6.18. The molecule has 4 atom stereocenters. The maximum atomic E-state index is 13.6. The lowest BCUT2D eigenvalue weighted by Crippen LogP contribution is -2.39. The van der Waals surface area contributed by atoms with Gasteiger partial charge in [0.1, 0.15) is 22.1 Å². The molecular weight excluding hydrogens is 630 g/mol. The van der Waals surface area contributed by atoms with Gasteiger partial charge in [0.25, 0.3) is 0 Å². The monoisotopic (exact) mass is 673 g/mol. The van der Waals surface area contributed by atoms with E-state index in [1.165, 1.54) is 0 Å². The number of hydrogen-bond donors (Lipinski definition) is 3. The topological polar surface area (TPSA) is 126 Å². The van der Waals surface area contributed by atoms with Crippen LogP contribution in [0.25, 0.3) is 0 Å². The Labute approximate surface area is 274 Å². The summed E-state index contributed by atoms with van der Waals surface area (Å²) >= 11 is 3.48. The Balaban J connectivity index is 1.08. The van der Waals surface area contributed by atoms with Crippen LogP contribution in [-0.4, -0.2) is 45.9 Å². The van der Waals surface area contributed by atoms with E-state index in [9.17, 15) is 9.59 Å². The molecule has 3 fully saturated rings. The van der Waals surface area contributed by atoms with E-state index in [2.05, 4.69) is 68.5 Å². The third-order valence-electron chi connectivity index (χ3n) is 9.92. The van der Waals surface area contributed by atoms with Gasteiger partial charge in [0.15, 0.2) is 0 Å². The van der Waals surface area contributed by atoms with Crippen molar-refractivity contribution in [1.82, 2.24) is 15.0 Å². The van der Waals surface area contributed by atoms with Gasteiger partial charge >= 0.3 is 0 Å². The van der Waals surface area contributed by atoms with E-state index >= 15 is 0 Å². The van der Waals surface area contributed by atoms with Crippen LogP contribution in [0.1, 0.15) is 67.1 Å². The highest BCUT2D eigenvalue weighted by molar-refractivity contribution is 9.10. The van der Waals surface area contributed by atoms with Gasteiger partial charge in [0, 0.05) is 36.4 Å². The van der Waals surface area contributed by atoms with Gasteiger partial charge in [-0.25, -0.2) is 15.0 Å². The quantitative estimate of drug-likeness (QED) is 0.216. The number of halogens is 1. The summed E-state index contributed by atoms with van der Waals surface area (Å²) in [5.74, 6) is 2.31. The second-order valence-electron chi connectivity index (χ2n) is 13.4. The minimum absolute atomic E-state index is 0.0283. The lowest BCUT2D eigenvalue weighted by molar-refractivity contribution is -0.122. The Morgan fingerprint density at radius 1 is 0.933 bits per heavy atom. The molecule has 3 aliphatic rings. The van der Waals surface area contributed by atoms with E-state index in [4.69, 9.17) is 15.7 Å². The van der Waals surface area contributed by atoms with Crippen molar-refractivity contribution in [2.45, 2.75) is 78.7 Å². The third kappa shape index (κ3) is 6.92. The number of amides is 2. The highest BCUT2D eigenvalue weighted by Gasteiger charge is 2.65. The van der Waals surface area contributed by atoms with Crippen LogP contribution in [0, 0.1) is 43.9 Å². The third-order valence-corrected chi connectivity index (χ3v) is 10.3. The molecule has 2 saturated carbocycles. The summed E-state index contributed by atoms with van der Waals surface area (Å²) in [6.45, 7) is 9.82. The van der Waals surface area contributed by atoms with Crippen LogP contribution in [0.5, 0.6) is 0 Å². The number of aromatic nitrogens is 3. The van der Waals surface area contributed by atoms with Crippen molar-refractivity contribution in [3.8, 4) is 0 Å². The molecule has 1 aliphatic heterocycles. The molecule has 4 N–H and O–H groups in total. The van der Waals surface area contributed by atoms with Crippen LogP contribution in [0.15, 0.2) is 41.0 Å². The summed E-state index contributed by atoms with van der Waals surface area (Å²) in [7, 11) is 0. The Kier molecular flexibility index (Phi) is 8.98. The molecule has 4 unspecified atom stereocenters. The Morgan fingerprint density at radius 2 is 1.58 bits per heavy atom. The zero-order valence-electron chi connectivity index (χ0n) is 26.7. The summed E-state index contributed by atoms with van der Waals surface area (Å²) in [4.78, 5) is 43.5. The van der Waals surface area contributed by atoms with Crippen LogP contribution in [0.2, 0.25) is 0 Å². The second-order valence-corrected chi connectivity index (χ2v) is 14.2. The van der Waals surface area contributed by atoms with Crippen LogP contribution >= 0.6 is 15.9 Å². The summed E-state index contributed by atoms with van der Waals surface area (Å²) in [6.07, 6.45) is 5.98. The lowest BCUT2D eigenvalue weighted by atomic mass is 9.97. The number of carbonyl (C=O) groups excluding carboxylic acids is 2. The average Bonchev–Trinajstić information content (AvgIpc) is 3.90. The fourth-order valence-corrected chi connectivity index (χ4v) is 7.91. The number of nitrogens with two attached hydrogens (primary N) is 1. The zero-order valence-corrected chi connectivity index (χ0v) is 28.3. The van der Waals surface area contributed by atoms with Gasteiger partial charge in [-0.1, -0.05) is 13.3 Å². The number of rotatable bonds is 11. The maximum absolute atomic E-state index is 13.6. The first kappa shape index (κ1) is 31.6. The Morgan fingerprint density at radius 3 is 2.22 bits per heavy atom. The molecule has 238 valence electrons. The molecular formula is C35H44BrN7O2. The van der Waals surface area contributed by atoms with Gasteiger partial charge in [-0.15, -0.1) is 0 Å². The average molecular weight is 675 g/mol. The van der Waals surface area contributed by atoms with Crippen molar-refractivity contribution in [2.75, 3.05) is 28.6 Å². The van der Waals surface area contributed by atoms with Gasteiger partial charge in [-0.05, 0) is 140 Å². The molecule has 3 aromatic rings. The number of nitrogens with zero attached hydrogens (tertiary/aromatic N) is 4. The molecule has 4 heterocycles. The van der Waals surface area contributed by atoms with Crippen LogP contribution in [0.4, 0.5) is 17.5 Å². The zero-order chi connectivity index (χ0) is 31.9. The molecule has 10 heteroatoms. The Bertz CT molecular complexity index is 1590. The number of carbonyl (C=O) groups is 2. The molecule has 6 rings (SSSR count). The van der Waals surface area contributed by atoms with Gasteiger partial charge in [-0.3, -0.25) is 9.59 Å². The van der Waals surface area contributed by atoms with E-state index in [1.54, 1.807) is 0 Å². The molecule has 9 nitrogen and oxygen atoms in total. The summed E-state index contributed by atoms with van der Waals surface area (Å²) < 4.78 is 0.831. The highest BCUT2D eigenvalue weighted by Crippen LogP contribution is 2.64. The molecule has 0 bridgehead atoms. The Hall–Kier alpha value is -3.37. The number of anilines is 3. The predicted molar refractivity (Wildman–Crippen MR) is 181 cm³/mol. The molecule has 0 spiro atoms. The van der Waals surface area contributed by atoms with Crippen molar-refractivity contribution in [3.63, 3.8) is 0 Å². The van der Waals surface area contributed by atoms with E-state index in [0.29, 0.717) is 30.5 Å². The van der Waals surface area contributed by atoms with Gasteiger partial charge < -0.3 is 21.3 Å². The normalized spacial score (nSPS) is 23.1. The largest absolute Gasteiger partial charge is 0.352 e. The van der Waals surface area contributed by atoms with Gasteiger partial charge in [0.2, 0.25) is 11.8 Å². The van der Waals surface area contributed by atoms with Crippen LogP contribution < -0.4 is 21.3 Å². The first-order valence-corrected chi connectivity index (χ1v) is 17.1. The number of pyridine rings is 3. The number of aryl methyl sites for hydroxylation is 5. The van der Waals surface area contributed by atoms with E-state index in [1.807, 2.05) is 32.0 Å². The maximum Gasteiger partial charge on any atom is 0.232 e. The van der Waals surface area contributed by atoms with Gasteiger partial charge in [-0.2, -0.15) is 0 Å². The minimum atomic E-state index is -0.504. The van der Waals surface area contributed by atoms with E-state index < -0.39 is 5.41 Å². The molecule has 2 aliphatic carbocycles. The fraction of sp³-hybridized carbons (Fsp3) is 0.514. The van der Waals surface area contributed by atoms with Crippen molar-refractivity contribution < 1.29 is 9.59 Å². The van der Waals surface area contributed by atoms with Crippen LogP contribution in [0.3, 0.4) is 0 Å². The van der Waals surface area contributed by atoms with Crippen molar-refractivity contribution in [3.05, 3.63) is 69.1 Å². The van der Waals surface area contributed by atoms with Crippen LogP contribution in [-0.2, 0) is 22.4 Å². The molecule has 45 heavy (non-hydrogen) atoms. The molecule has 0 radical (unpaired) electrons. The first-order chi connectivity index (χ1) is 21.6. The highest BCUT2D eigenvalue weighted by atomic mass is 79.9. The van der Waals surface area contributed by atoms with E-state index in [0.717, 1.165) is 83.6 Å². The smallest absolute Gasteiger partial charge is 0.232 e. The molecule has 2 amide bonds. The van der Waals surface area contributed by atoms with Crippen molar-refractivity contribution in [1.29, 1.82) is 0 Å². The number of nitrogens with one attached hydrogen (secondary N) is 2. The number of hydrogen-bond acceptors (Lipinski definition) is 7. The first-order valence-electron chi connectivity index (χ1n) is 16.3. The molecule has 1 saturated heterocycles. The molecule has 3 aromatic heterocycles. The molecule has 0 aromatic carbocycles. The second kappa shape index (κ2) is 12.8. The SMILES string of the molecule is CCC1CCN(c2cc(C)cc(NC(=O)C3CC3C3(C(=O)Nc4cc(C)cc(CCc5cc(C)cc(Br)n5)n4)CC3)n2)C1CN. The van der Waals surface area contributed by atoms with E-state index in [-0.39, 0.29) is 29.7 Å². The summed E-state index contributed by atoms with van der Waals surface area (Å²) in [5.41, 5.74) is 10.8. The summed E-state index contributed by atoms with van der Waals surface area (Å²) in [6, 6.07) is 12.3. The van der Waals surface area contributed by atoms with Crippen molar-refractivity contribution >= 4 is 45.2 Å². The standard InChI is InChI=1S/C35H44BrN7O2/c1-5-23-8-11-43(28(23)19-37)32-17-22(4)16-31(40-32)41-33(44)26-18-27(26)35(9-10-35)34(45)42-30-15-21(3)13-25(39-30)7-6-24-12-20(2)14-29(36)38-24/h12-17,23,26-28H,5-11,18-19,37H2,1-4H3,(H,39,42,45)(H,40,41,44). The minimum Gasteiger partial charge on any atom is -0.352 e. The van der Waals surface area contributed by atoms with Crippen molar-refractivity contribution in [2.24, 2.45) is 28.9 Å². The predicted octanol–water partition coefficient (Wildman–Crippen LogP) is 5.90. The lowest BCUT2D eigenvalue weighted by Gasteiger charge is -2.28.